The molecule has 0 spiro atoms. The minimum Gasteiger partial charge on any atom is -0.342 e. The monoisotopic (exact) mass is 209 g/mol. The summed E-state index contributed by atoms with van der Waals surface area (Å²) in [7, 11) is 0. The van der Waals surface area contributed by atoms with Crippen LogP contribution in [-0.4, -0.2) is 23.9 Å². The average molecular weight is 209 g/mol. The number of hydrogen-bond donors (Lipinski definition) is 0. The molecule has 2 nitrogen and oxygen atoms in total. The highest BCUT2D eigenvalue weighted by Gasteiger charge is 2.39. The van der Waals surface area contributed by atoms with E-state index in [0.29, 0.717) is 17.2 Å². The number of carbonyl (C=O) groups is 1. The molecule has 0 N–H and O–H groups in total. The van der Waals surface area contributed by atoms with E-state index in [4.69, 9.17) is 0 Å². The van der Waals surface area contributed by atoms with Gasteiger partial charge in [0.05, 0.1) is 0 Å². The number of carbonyl (C=O) groups excluding carboxylic acids is 1. The van der Waals surface area contributed by atoms with Gasteiger partial charge in [0, 0.05) is 19.5 Å². The molecule has 1 saturated heterocycles. The van der Waals surface area contributed by atoms with Gasteiger partial charge in [-0.15, -0.1) is 0 Å². The van der Waals surface area contributed by atoms with Crippen LogP contribution in [0.25, 0.3) is 0 Å². The standard InChI is InChI=1S/C13H23NO/c1-10(2)13(3)6-7-14(9-13)12(15)8-11-4-5-11/h10-11H,4-9H2,1-3H3/t13-/m0/s1. The van der Waals surface area contributed by atoms with Gasteiger partial charge >= 0.3 is 0 Å². The Morgan fingerprint density at radius 2 is 2.13 bits per heavy atom. The molecule has 0 unspecified atom stereocenters. The molecular formula is C13H23NO. The Kier molecular flexibility index (Phi) is 2.78. The quantitative estimate of drug-likeness (QED) is 0.700. The van der Waals surface area contributed by atoms with Crippen LogP contribution in [0.2, 0.25) is 0 Å². The lowest BCUT2D eigenvalue weighted by atomic mass is 9.78. The van der Waals surface area contributed by atoms with E-state index >= 15 is 0 Å². The fraction of sp³-hybridized carbons (Fsp3) is 0.923. The number of amides is 1. The van der Waals surface area contributed by atoms with Crippen molar-refractivity contribution in [1.82, 2.24) is 4.90 Å². The zero-order valence-corrected chi connectivity index (χ0v) is 10.3. The van der Waals surface area contributed by atoms with E-state index in [1.807, 2.05) is 0 Å². The van der Waals surface area contributed by atoms with Gasteiger partial charge in [-0.25, -0.2) is 0 Å². The van der Waals surface area contributed by atoms with Crippen molar-refractivity contribution in [3.8, 4) is 0 Å². The van der Waals surface area contributed by atoms with Crippen LogP contribution in [0, 0.1) is 17.3 Å². The molecule has 1 aliphatic carbocycles. The molecule has 2 fully saturated rings. The third-order valence-corrected chi connectivity index (χ3v) is 4.41. The van der Waals surface area contributed by atoms with Crippen LogP contribution in [-0.2, 0) is 4.79 Å². The Morgan fingerprint density at radius 3 is 2.60 bits per heavy atom. The maximum atomic E-state index is 11.9. The molecule has 1 amide bonds. The van der Waals surface area contributed by atoms with Gasteiger partial charge in [-0.05, 0) is 36.5 Å². The summed E-state index contributed by atoms with van der Waals surface area (Å²) in [5.41, 5.74) is 0.360. The molecular weight excluding hydrogens is 186 g/mol. The normalized spacial score (nSPS) is 31.3. The number of likely N-dealkylation sites (tertiary alicyclic amines) is 1. The largest absolute Gasteiger partial charge is 0.342 e. The molecule has 2 rings (SSSR count). The van der Waals surface area contributed by atoms with Crippen LogP contribution in [0.5, 0.6) is 0 Å². The van der Waals surface area contributed by atoms with E-state index in [2.05, 4.69) is 25.7 Å². The average Bonchev–Trinajstić information content (AvgIpc) is 2.87. The van der Waals surface area contributed by atoms with Gasteiger partial charge < -0.3 is 4.90 Å². The predicted octanol–water partition coefficient (Wildman–Crippen LogP) is 2.68. The first-order valence-electron chi connectivity index (χ1n) is 6.29. The Bertz CT molecular complexity index is 257. The van der Waals surface area contributed by atoms with Crippen molar-refractivity contribution >= 4 is 5.91 Å². The lowest BCUT2D eigenvalue weighted by Crippen LogP contribution is -2.33. The molecule has 15 heavy (non-hydrogen) atoms. The van der Waals surface area contributed by atoms with Crippen LogP contribution < -0.4 is 0 Å². The molecule has 2 aliphatic rings. The second-order valence-corrected chi connectivity index (χ2v) is 6.02. The Morgan fingerprint density at radius 1 is 1.47 bits per heavy atom. The predicted molar refractivity (Wildman–Crippen MR) is 61.5 cm³/mol. The number of nitrogens with zero attached hydrogens (tertiary/aromatic N) is 1. The summed E-state index contributed by atoms with van der Waals surface area (Å²) in [5.74, 6) is 1.81. The van der Waals surface area contributed by atoms with Crippen LogP contribution >= 0.6 is 0 Å². The Hall–Kier alpha value is -0.530. The summed E-state index contributed by atoms with van der Waals surface area (Å²) in [6.07, 6.45) is 4.55. The maximum absolute atomic E-state index is 11.9. The molecule has 2 heteroatoms. The van der Waals surface area contributed by atoms with Crippen LogP contribution in [0.15, 0.2) is 0 Å². The summed E-state index contributed by atoms with van der Waals surface area (Å²) in [6, 6.07) is 0. The Balaban J connectivity index is 1.88. The molecule has 0 bridgehead atoms. The second-order valence-electron chi connectivity index (χ2n) is 6.02. The van der Waals surface area contributed by atoms with Crippen molar-refractivity contribution in [1.29, 1.82) is 0 Å². The van der Waals surface area contributed by atoms with Gasteiger partial charge in [0.2, 0.25) is 5.91 Å². The fourth-order valence-electron chi connectivity index (χ4n) is 2.37. The summed E-state index contributed by atoms with van der Waals surface area (Å²) in [6.45, 7) is 8.84. The number of rotatable bonds is 3. The topological polar surface area (TPSA) is 20.3 Å². The smallest absolute Gasteiger partial charge is 0.222 e. The van der Waals surface area contributed by atoms with Gasteiger partial charge in [-0.1, -0.05) is 20.8 Å². The van der Waals surface area contributed by atoms with Gasteiger partial charge in [-0.2, -0.15) is 0 Å². The molecule has 0 aromatic rings. The molecule has 0 aromatic carbocycles. The van der Waals surface area contributed by atoms with Gasteiger partial charge in [-0.3, -0.25) is 4.79 Å². The van der Waals surface area contributed by atoms with Crippen LogP contribution in [0.1, 0.15) is 46.5 Å². The summed E-state index contributed by atoms with van der Waals surface area (Å²) in [5, 5.41) is 0. The van der Waals surface area contributed by atoms with E-state index in [-0.39, 0.29) is 0 Å². The van der Waals surface area contributed by atoms with Gasteiger partial charge in [0.1, 0.15) is 0 Å². The third-order valence-electron chi connectivity index (χ3n) is 4.41. The minimum absolute atomic E-state index is 0.360. The summed E-state index contributed by atoms with van der Waals surface area (Å²) in [4.78, 5) is 14.0. The van der Waals surface area contributed by atoms with E-state index in [0.717, 1.165) is 25.4 Å². The van der Waals surface area contributed by atoms with Crippen molar-refractivity contribution in [3.63, 3.8) is 0 Å². The highest BCUT2D eigenvalue weighted by Crippen LogP contribution is 2.39. The lowest BCUT2D eigenvalue weighted by Gasteiger charge is -2.28. The first-order chi connectivity index (χ1) is 7.01. The highest BCUT2D eigenvalue weighted by atomic mass is 16.2. The van der Waals surface area contributed by atoms with Crippen molar-refractivity contribution in [2.24, 2.45) is 17.3 Å². The maximum Gasteiger partial charge on any atom is 0.222 e. The molecule has 0 aromatic heterocycles. The van der Waals surface area contributed by atoms with E-state index in [1.54, 1.807) is 0 Å². The minimum atomic E-state index is 0.360. The lowest BCUT2D eigenvalue weighted by molar-refractivity contribution is -0.131. The first kappa shape index (κ1) is 11.0. The molecule has 1 atom stereocenters. The van der Waals surface area contributed by atoms with E-state index in [1.165, 1.54) is 19.3 Å². The highest BCUT2D eigenvalue weighted by molar-refractivity contribution is 5.77. The Labute approximate surface area is 93.0 Å². The molecule has 1 aliphatic heterocycles. The van der Waals surface area contributed by atoms with Gasteiger partial charge in [0.25, 0.3) is 0 Å². The van der Waals surface area contributed by atoms with Crippen LogP contribution in [0.3, 0.4) is 0 Å². The van der Waals surface area contributed by atoms with E-state index in [9.17, 15) is 4.79 Å². The van der Waals surface area contributed by atoms with Gasteiger partial charge in [0.15, 0.2) is 0 Å². The van der Waals surface area contributed by atoms with Crippen molar-refractivity contribution in [3.05, 3.63) is 0 Å². The first-order valence-corrected chi connectivity index (χ1v) is 6.29. The summed E-state index contributed by atoms with van der Waals surface area (Å²) < 4.78 is 0. The third kappa shape index (κ3) is 2.35. The fourth-order valence-corrected chi connectivity index (χ4v) is 2.37. The SMILES string of the molecule is CC(C)[C@@]1(C)CCN(C(=O)CC2CC2)C1. The molecule has 0 radical (unpaired) electrons. The van der Waals surface area contributed by atoms with Crippen molar-refractivity contribution in [2.75, 3.05) is 13.1 Å². The molecule has 1 saturated carbocycles. The van der Waals surface area contributed by atoms with E-state index < -0.39 is 0 Å². The van der Waals surface area contributed by atoms with Crippen molar-refractivity contribution < 1.29 is 4.79 Å². The summed E-state index contributed by atoms with van der Waals surface area (Å²) >= 11 is 0. The second kappa shape index (κ2) is 3.80. The number of hydrogen-bond acceptors (Lipinski definition) is 1. The molecule has 1 heterocycles. The zero-order valence-electron chi connectivity index (χ0n) is 10.3. The van der Waals surface area contributed by atoms with Crippen molar-refractivity contribution in [2.45, 2.75) is 46.5 Å². The molecule has 86 valence electrons. The van der Waals surface area contributed by atoms with Crippen LogP contribution in [0.4, 0.5) is 0 Å². The zero-order chi connectivity index (χ0) is 11.1.